The first-order chi connectivity index (χ1) is 10.5. The molecular weight excluding hydrogens is 285 g/mol. The fourth-order valence-corrected chi connectivity index (χ4v) is 1.71. The largest absolute Gasteiger partial charge is 0.366 e. The number of hydrogen-bond acceptors (Lipinski definition) is 2. The number of halogens is 1. The van der Waals surface area contributed by atoms with Gasteiger partial charge in [0.2, 0.25) is 5.91 Å². The number of amides is 3. The second kappa shape index (κ2) is 7.03. The summed E-state index contributed by atoms with van der Waals surface area (Å²) in [5, 5.41) is 5.07. The highest BCUT2D eigenvalue weighted by molar-refractivity contribution is 5.94. The first-order valence-electron chi connectivity index (χ1n) is 6.44. The molecule has 0 heterocycles. The lowest BCUT2D eigenvalue weighted by Gasteiger charge is -2.05. The number of nitrogens with one attached hydrogen (secondary N) is 2. The van der Waals surface area contributed by atoms with Gasteiger partial charge in [-0.15, -0.1) is 0 Å². The smallest absolute Gasteiger partial charge is 0.323 e. The summed E-state index contributed by atoms with van der Waals surface area (Å²) >= 11 is 0. The molecular formula is C16H14FN3O2. The molecule has 5 nitrogen and oxygen atoms in total. The van der Waals surface area contributed by atoms with Crippen LogP contribution in [0, 0.1) is 5.82 Å². The van der Waals surface area contributed by atoms with Gasteiger partial charge in [0.05, 0.1) is 0 Å². The van der Waals surface area contributed by atoms with Crippen LogP contribution in [0.2, 0.25) is 0 Å². The summed E-state index contributed by atoms with van der Waals surface area (Å²) in [7, 11) is 0. The molecule has 0 bridgehead atoms. The molecule has 6 heteroatoms. The van der Waals surface area contributed by atoms with Crippen LogP contribution in [-0.2, 0) is 0 Å². The van der Waals surface area contributed by atoms with Crippen LogP contribution in [0.5, 0.6) is 0 Å². The van der Waals surface area contributed by atoms with Gasteiger partial charge in [0.15, 0.2) is 0 Å². The van der Waals surface area contributed by atoms with Gasteiger partial charge in [0.1, 0.15) is 5.82 Å². The van der Waals surface area contributed by atoms with E-state index in [9.17, 15) is 14.0 Å². The highest BCUT2D eigenvalue weighted by Crippen LogP contribution is 2.09. The fraction of sp³-hybridized carbons (Fsp3) is 0. The van der Waals surface area contributed by atoms with E-state index in [0.29, 0.717) is 16.8 Å². The van der Waals surface area contributed by atoms with E-state index >= 15 is 0 Å². The van der Waals surface area contributed by atoms with Crippen LogP contribution in [0.15, 0.2) is 54.7 Å². The molecule has 0 aromatic heterocycles. The molecule has 0 unspecified atom stereocenters. The van der Waals surface area contributed by atoms with Crippen molar-refractivity contribution in [3.8, 4) is 0 Å². The predicted molar refractivity (Wildman–Crippen MR) is 82.5 cm³/mol. The Labute approximate surface area is 126 Å². The average molecular weight is 299 g/mol. The number of hydrogen-bond donors (Lipinski definition) is 3. The van der Waals surface area contributed by atoms with Gasteiger partial charge in [0, 0.05) is 17.5 Å². The van der Waals surface area contributed by atoms with Crippen molar-refractivity contribution in [3.63, 3.8) is 0 Å². The van der Waals surface area contributed by atoms with Crippen molar-refractivity contribution in [1.82, 2.24) is 5.32 Å². The van der Waals surface area contributed by atoms with E-state index in [2.05, 4.69) is 10.6 Å². The molecule has 2 rings (SSSR count). The topological polar surface area (TPSA) is 84.2 Å². The van der Waals surface area contributed by atoms with Crippen LogP contribution in [0.4, 0.5) is 14.9 Å². The van der Waals surface area contributed by atoms with E-state index in [0.717, 1.165) is 0 Å². The average Bonchev–Trinajstić information content (AvgIpc) is 2.48. The molecule has 2 aromatic carbocycles. The van der Waals surface area contributed by atoms with E-state index in [-0.39, 0.29) is 5.82 Å². The molecule has 2 aromatic rings. The molecule has 0 atom stereocenters. The van der Waals surface area contributed by atoms with Crippen molar-refractivity contribution in [2.75, 3.05) is 5.32 Å². The van der Waals surface area contributed by atoms with Gasteiger partial charge in [-0.25, -0.2) is 9.18 Å². The van der Waals surface area contributed by atoms with Gasteiger partial charge >= 0.3 is 6.03 Å². The third-order valence-corrected chi connectivity index (χ3v) is 2.77. The molecule has 0 fully saturated rings. The minimum Gasteiger partial charge on any atom is -0.366 e. The minimum absolute atomic E-state index is 0.346. The molecule has 0 spiro atoms. The molecule has 3 amide bonds. The highest BCUT2D eigenvalue weighted by Gasteiger charge is 2.02. The fourth-order valence-electron chi connectivity index (χ4n) is 1.71. The van der Waals surface area contributed by atoms with Crippen molar-refractivity contribution in [1.29, 1.82) is 0 Å². The zero-order chi connectivity index (χ0) is 15.9. The Hall–Kier alpha value is -3.15. The highest BCUT2D eigenvalue weighted by atomic mass is 19.1. The van der Waals surface area contributed by atoms with E-state index in [1.165, 1.54) is 30.5 Å². The van der Waals surface area contributed by atoms with Crippen molar-refractivity contribution in [2.24, 2.45) is 5.73 Å². The van der Waals surface area contributed by atoms with Crippen LogP contribution in [-0.4, -0.2) is 11.9 Å². The number of benzene rings is 2. The van der Waals surface area contributed by atoms with Gasteiger partial charge in [-0.05, 0) is 48.0 Å². The standard InChI is InChI=1S/C16H14FN3O2/c17-13-3-1-2-11(10-13)8-9-19-16(22)20-14-6-4-12(5-7-14)15(18)21/h1-10H,(H2,18,21)(H2,19,20,22)/b9-8+. The maximum Gasteiger partial charge on any atom is 0.323 e. The molecule has 0 radical (unpaired) electrons. The van der Waals surface area contributed by atoms with Crippen LogP contribution in [0.1, 0.15) is 15.9 Å². The lowest BCUT2D eigenvalue weighted by Crippen LogP contribution is -2.23. The first kappa shape index (κ1) is 15.2. The summed E-state index contributed by atoms with van der Waals surface area (Å²) in [5.74, 6) is -0.879. The number of rotatable bonds is 4. The van der Waals surface area contributed by atoms with Crippen molar-refractivity contribution in [3.05, 3.63) is 71.7 Å². The number of anilines is 1. The maximum atomic E-state index is 13.0. The molecule has 0 aliphatic carbocycles. The zero-order valence-corrected chi connectivity index (χ0v) is 11.5. The summed E-state index contributed by atoms with van der Waals surface area (Å²) in [5.41, 5.74) is 6.63. The SMILES string of the molecule is NC(=O)c1ccc(NC(=O)N/C=C/c2cccc(F)c2)cc1. The molecule has 22 heavy (non-hydrogen) atoms. The number of nitrogens with two attached hydrogens (primary N) is 1. The summed E-state index contributed by atoms with van der Waals surface area (Å²) < 4.78 is 13.0. The van der Waals surface area contributed by atoms with Crippen molar-refractivity contribution < 1.29 is 14.0 Å². The first-order valence-corrected chi connectivity index (χ1v) is 6.44. The van der Waals surface area contributed by atoms with E-state index < -0.39 is 11.9 Å². The van der Waals surface area contributed by atoms with Gasteiger partial charge in [0.25, 0.3) is 0 Å². The summed E-state index contributed by atoms with van der Waals surface area (Å²) in [6.07, 6.45) is 2.97. The molecule has 0 saturated carbocycles. The van der Waals surface area contributed by atoms with Gasteiger partial charge in [-0.2, -0.15) is 0 Å². The Kier molecular flexibility index (Phi) is 4.87. The number of carbonyl (C=O) groups is 2. The summed E-state index contributed by atoms with van der Waals surface area (Å²) in [4.78, 5) is 22.6. The minimum atomic E-state index is -0.533. The van der Waals surface area contributed by atoms with Crippen molar-refractivity contribution >= 4 is 23.7 Å². The Morgan fingerprint density at radius 3 is 2.45 bits per heavy atom. The monoisotopic (exact) mass is 299 g/mol. The Morgan fingerprint density at radius 1 is 1.09 bits per heavy atom. The van der Waals surface area contributed by atoms with Crippen LogP contribution < -0.4 is 16.4 Å². The van der Waals surface area contributed by atoms with Crippen LogP contribution in [0.25, 0.3) is 6.08 Å². The van der Waals surface area contributed by atoms with E-state index in [4.69, 9.17) is 5.73 Å². The second-order valence-corrected chi connectivity index (χ2v) is 4.43. The van der Waals surface area contributed by atoms with E-state index in [1.807, 2.05) is 0 Å². The lowest BCUT2D eigenvalue weighted by atomic mass is 10.2. The van der Waals surface area contributed by atoms with Gasteiger partial charge < -0.3 is 16.4 Å². The zero-order valence-electron chi connectivity index (χ0n) is 11.5. The Balaban J connectivity index is 1.89. The Morgan fingerprint density at radius 2 is 1.82 bits per heavy atom. The second-order valence-electron chi connectivity index (χ2n) is 4.43. The number of urea groups is 1. The van der Waals surface area contributed by atoms with Gasteiger partial charge in [-0.3, -0.25) is 4.79 Å². The van der Waals surface area contributed by atoms with E-state index in [1.54, 1.807) is 30.3 Å². The summed E-state index contributed by atoms with van der Waals surface area (Å²) in [6.45, 7) is 0. The third kappa shape index (κ3) is 4.45. The Bertz CT molecular complexity index is 712. The van der Waals surface area contributed by atoms with Gasteiger partial charge in [-0.1, -0.05) is 12.1 Å². The quantitative estimate of drug-likeness (QED) is 0.811. The third-order valence-electron chi connectivity index (χ3n) is 2.77. The molecule has 4 N–H and O–H groups in total. The predicted octanol–water partition coefficient (Wildman–Crippen LogP) is 2.72. The summed E-state index contributed by atoms with van der Waals surface area (Å²) in [6, 6.07) is 11.7. The molecule has 112 valence electrons. The van der Waals surface area contributed by atoms with Crippen molar-refractivity contribution in [2.45, 2.75) is 0 Å². The maximum absolute atomic E-state index is 13.0. The van der Waals surface area contributed by atoms with Crippen LogP contribution in [0.3, 0.4) is 0 Å². The molecule has 0 aliphatic heterocycles. The van der Waals surface area contributed by atoms with Crippen LogP contribution >= 0.6 is 0 Å². The molecule has 0 aliphatic rings. The lowest BCUT2D eigenvalue weighted by molar-refractivity contribution is 0.100. The molecule has 0 saturated heterocycles. The number of primary amides is 1. The number of carbonyl (C=O) groups excluding carboxylic acids is 2. The normalized spacial score (nSPS) is 10.4.